The summed E-state index contributed by atoms with van der Waals surface area (Å²) in [6, 6.07) is 4.50. The van der Waals surface area contributed by atoms with Gasteiger partial charge in [-0.25, -0.2) is 14.2 Å². The molecule has 0 aliphatic carbocycles. The third kappa shape index (κ3) is 5.36. The highest BCUT2D eigenvalue weighted by Gasteiger charge is 2.49. The van der Waals surface area contributed by atoms with Crippen molar-refractivity contribution in [2.24, 2.45) is 5.41 Å². The van der Waals surface area contributed by atoms with E-state index in [2.05, 4.69) is 4.98 Å². The lowest BCUT2D eigenvalue weighted by atomic mass is 9.77. The fourth-order valence-electron chi connectivity index (χ4n) is 3.69. The molecule has 12 heteroatoms. The molecule has 2 fully saturated rings. The summed E-state index contributed by atoms with van der Waals surface area (Å²) in [6.45, 7) is 2.01. The van der Waals surface area contributed by atoms with Gasteiger partial charge in [0.2, 0.25) is 5.88 Å². The molecule has 2 aromatic rings. The molecule has 32 heavy (non-hydrogen) atoms. The summed E-state index contributed by atoms with van der Waals surface area (Å²) in [7, 11) is 0. The number of likely N-dealkylation sites (tertiary alicyclic amines) is 1. The summed E-state index contributed by atoms with van der Waals surface area (Å²) < 4.78 is 62.1. The molecule has 2 aromatic heterocycles. The summed E-state index contributed by atoms with van der Waals surface area (Å²) >= 11 is 0. The lowest BCUT2D eigenvalue weighted by Crippen LogP contribution is -2.54. The number of aromatic nitrogens is 1. The van der Waals surface area contributed by atoms with E-state index in [1.54, 1.807) is 11.0 Å². The van der Waals surface area contributed by atoms with E-state index >= 15 is 0 Å². The molecule has 2 atom stereocenters. The zero-order valence-corrected chi connectivity index (χ0v) is 16.7. The number of amides is 1. The Hall–Kier alpha value is -3.15. The lowest BCUT2D eigenvalue weighted by molar-refractivity contribution is -0.192. The maximum atomic E-state index is 13.8. The van der Waals surface area contributed by atoms with E-state index in [4.69, 9.17) is 23.8 Å². The molecular formula is C20H20F4N2O6. The molecule has 0 bridgehead atoms. The van der Waals surface area contributed by atoms with Gasteiger partial charge in [0.1, 0.15) is 6.26 Å². The van der Waals surface area contributed by atoms with E-state index in [0.717, 1.165) is 12.8 Å². The number of aliphatic carboxylic acids is 1. The molecule has 174 valence electrons. The molecule has 0 spiro atoms. The van der Waals surface area contributed by atoms with Crippen molar-refractivity contribution >= 4 is 11.9 Å². The van der Waals surface area contributed by atoms with Crippen molar-refractivity contribution in [1.82, 2.24) is 9.88 Å². The zero-order chi connectivity index (χ0) is 23.4. The van der Waals surface area contributed by atoms with Gasteiger partial charge in [-0.2, -0.15) is 13.2 Å². The van der Waals surface area contributed by atoms with Gasteiger partial charge in [0.05, 0.1) is 30.0 Å². The molecule has 2 saturated heterocycles. The number of carboxylic acid groups (broad SMARTS) is 1. The molecule has 1 N–H and O–H groups in total. The Balaban J connectivity index is 0.000000360. The highest BCUT2D eigenvalue weighted by molar-refractivity contribution is 5.93. The highest BCUT2D eigenvalue weighted by atomic mass is 19.4. The van der Waals surface area contributed by atoms with Gasteiger partial charge in [0.15, 0.2) is 5.82 Å². The predicted molar refractivity (Wildman–Crippen MR) is 99.4 cm³/mol. The second-order valence-electron chi connectivity index (χ2n) is 7.38. The summed E-state index contributed by atoms with van der Waals surface area (Å²) in [5.41, 5.74) is 0.186. The molecule has 2 aliphatic rings. The number of carboxylic acids is 1. The number of nitrogens with zero attached hydrogens (tertiary/aromatic N) is 2. The first-order valence-electron chi connectivity index (χ1n) is 9.59. The molecule has 0 saturated carbocycles. The van der Waals surface area contributed by atoms with E-state index in [1.807, 2.05) is 0 Å². The topological polar surface area (TPSA) is 102 Å². The minimum atomic E-state index is -5.08. The number of halogens is 4. The van der Waals surface area contributed by atoms with Gasteiger partial charge < -0.3 is 23.9 Å². The first-order chi connectivity index (χ1) is 15.1. The van der Waals surface area contributed by atoms with Crippen LogP contribution in [0.5, 0.6) is 5.88 Å². The average molecular weight is 460 g/mol. The van der Waals surface area contributed by atoms with Crippen LogP contribution in [0.1, 0.15) is 23.2 Å². The van der Waals surface area contributed by atoms with Gasteiger partial charge in [-0.3, -0.25) is 4.79 Å². The Labute approximate surface area is 179 Å². The Morgan fingerprint density at radius 3 is 2.72 bits per heavy atom. The first-order valence-corrected chi connectivity index (χ1v) is 9.59. The smallest absolute Gasteiger partial charge is 0.475 e. The van der Waals surface area contributed by atoms with Gasteiger partial charge in [0.25, 0.3) is 5.91 Å². The normalized spacial score (nSPS) is 22.5. The monoisotopic (exact) mass is 460 g/mol. The lowest BCUT2D eigenvalue weighted by Gasteiger charge is -2.43. The maximum absolute atomic E-state index is 13.8. The van der Waals surface area contributed by atoms with Crippen molar-refractivity contribution in [2.45, 2.75) is 25.1 Å². The number of hydrogen-bond acceptors (Lipinski definition) is 6. The van der Waals surface area contributed by atoms with E-state index < -0.39 is 18.0 Å². The first kappa shape index (κ1) is 23.5. The third-order valence-electron chi connectivity index (χ3n) is 5.29. The van der Waals surface area contributed by atoms with Gasteiger partial charge >= 0.3 is 12.1 Å². The summed E-state index contributed by atoms with van der Waals surface area (Å²) in [5.74, 6) is -3.33. The van der Waals surface area contributed by atoms with Crippen molar-refractivity contribution in [3.8, 4) is 5.88 Å². The highest BCUT2D eigenvalue weighted by Crippen LogP contribution is 2.41. The number of alkyl halides is 3. The van der Waals surface area contributed by atoms with Crippen LogP contribution in [0.4, 0.5) is 17.6 Å². The average Bonchev–Trinajstić information content (AvgIpc) is 3.42. The van der Waals surface area contributed by atoms with Crippen LogP contribution < -0.4 is 4.74 Å². The van der Waals surface area contributed by atoms with E-state index in [9.17, 15) is 22.4 Å². The van der Waals surface area contributed by atoms with Crippen LogP contribution in [0, 0.1) is 11.2 Å². The van der Waals surface area contributed by atoms with Gasteiger partial charge in [-0.05, 0) is 31.0 Å². The molecule has 4 rings (SSSR count). The van der Waals surface area contributed by atoms with Gasteiger partial charge in [-0.1, -0.05) is 0 Å². The van der Waals surface area contributed by atoms with Crippen LogP contribution in [-0.2, 0) is 9.53 Å². The number of carbonyl (C=O) groups is 2. The standard InChI is InChI=1S/C18H19FN2O4.C2HF3O2/c19-14-2-1-6-20-16(14)25-12-18-5-9-24-15(18)3-7-21(11-18)17(22)13-4-8-23-10-13;3-2(4,5)1(6)7/h1-2,4,6,8,10,15H,3,5,7,9,11-12H2;(H,6,7)/t15-,18+;/m1./s1. The molecule has 8 nitrogen and oxygen atoms in total. The van der Waals surface area contributed by atoms with Crippen LogP contribution in [0.2, 0.25) is 0 Å². The van der Waals surface area contributed by atoms with Crippen molar-refractivity contribution in [1.29, 1.82) is 0 Å². The van der Waals surface area contributed by atoms with Gasteiger partial charge in [0, 0.05) is 25.9 Å². The van der Waals surface area contributed by atoms with Crippen molar-refractivity contribution in [2.75, 3.05) is 26.3 Å². The van der Waals surface area contributed by atoms with Crippen LogP contribution >= 0.6 is 0 Å². The Bertz CT molecular complexity index is 936. The second kappa shape index (κ2) is 9.55. The van der Waals surface area contributed by atoms with E-state index in [-0.39, 0.29) is 29.9 Å². The Morgan fingerprint density at radius 1 is 1.34 bits per heavy atom. The Morgan fingerprint density at radius 2 is 2.09 bits per heavy atom. The number of hydrogen-bond donors (Lipinski definition) is 1. The fourth-order valence-corrected chi connectivity index (χ4v) is 3.69. The third-order valence-corrected chi connectivity index (χ3v) is 5.29. The van der Waals surface area contributed by atoms with Crippen molar-refractivity contribution in [3.63, 3.8) is 0 Å². The van der Waals surface area contributed by atoms with Crippen LogP contribution in [0.25, 0.3) is 0 Å². The molecule has 0 radical (unpaired) electrons. The quantitative estimate of drug-likeness (QED) is 0.700. The van der Waals surface area contributed by atoms with Crippen LogP contribution in [-0.4, -0.2) is 65.5 Å². The molecule has 4 heterocycles. The number of pyridine rings is 1. The largest absolute Gasteiger partial charge is 0.490 e. The number of furan rings is 1. The number of ether oxygens (including phenoxy) is 2. The second-order valence-corrected chi connectivity index (χ2v) is 7.38. The minimum absolute atomic E-state index is 0.00710. The van der Waals surface area contributed by atoms with Crippen LogP contribution in [0.3, 0.4) is 0 Å². The molecule has 0 aromatic carbocycles. The number of carbonyl (C=O) groups excluding carboxylic acids is 1. The molecule has 0 unspecified atom stereocenters. The van der Waals surface area contributed by atoms with Gasteiger partial charge in [-0.15, -0.1) is 0 Å². The van der Waals surface area contributed by atoms with Crippen molar-refractivity contribution in [3.05, 3.63) is 48.3 Å². The van der Waals surface area contributed by atoms with Crippen LogP contribution in [0.15, 0.2) is 41.3 Å². The molecule has 2 aliphatic heterocycles. The number of fused-ring (bicyclic) bond motifs is 1. The molecular weight excluding hydrogens is 440 g/mol. The Kier molecular flexibility index (Phi) is 7.02. The van der Waals surface area contributed by atoms with E-state index in [0.29, 0.717) is 25.3 Å². The van der Waals surface area contributed by atoms with E-state index in [1.165, 1.54) is 30.9 Å². The maximum Gasteiger partial charge on any atom is 0.490 e. The minimum Gasteiger partial charge on any atom is -0.475 e. The summed E-state index contributed by atoms with van der Waals surface area (Å²) in [4.78, 5) is 27.3. The molecule has 1 amide bonds. The SMILES string of the molecule is O=C(O)C(F)(F)F.O=C(c1ccoc1)N1CC[C@H]2OCC[C@@]2(COc2ncccc2F)C1. The number of rotatable bonds is 4. The zero-order valence-electron chi connectivity index (χ0n) is 16.7. The fraction of sp³-hybridized carbons (Fsp3) is 0.450. The predicted octanol–water partition coefficient (Wildman–Crippen LogP) is 3.15. The summed E-state index contributed by atoms with van der Waals surface area (Å²) in [5, 5.41) is 7.12. The summed E-state index contributed by atoms with van der Waals surface area (Å²) in [6.07, 6.45) is 0.855. The number of piperidine rings is 1. The van der Waals surface area contributed by atoms with Crippen molar-refractivity contribution < 1.29 is 46.1 Å².